The highest BCUT2D eigenvalue weighted by atomic mass is 32.1. The standard InChI is InChI=1S/C21H15F3N4S2/c22-21(23,24)14-6-8-15(9-7-14)26-20(29)28-27-16-10-11-25-17-12-18(30-19(16)17)13-4-2-1-3-5-13/h1-12H,(H,25,27)(H2,26,28,29). The van der Waals surface area contributed by atoms with Crippen molar-refractivity contribution in [2.24, 2.45) is 0 Å². The Labute approximate surface area is 179 Å². The number of pyridine rings is 1. The number of halogens is 3. The van der Waals surface area contributed by atoms with Crippen molar-refractivity contribution in [1.29, 1.82) is 0 Å². The third-order valence-corrected chi connectivity index (χ3v) is 5.66. The molecule has 2 heterocycles. The number of hydrogen-bond donors (Lipinski definition) is 3. The van der Waals surface area contributed by atoms with Gasteiger partial charge in [-0.3, -0.25) is 15.8 Å². The van der Waals surface area contributed by atoms with Gasteiger partial charge in [0.1, 0.15) is 0 Å². The van der Waals surface area contributed by atoms with E-state index in [9.17, 15) is 13.2 Å². The molecule has 0 bridgehead atoms. The summed E-state index contributed by atoms with van der Waals surface area (Å²) in [5, 5.41) is 3.07. The molecular formula is C21H15F3N4S2. The molecule has 30 heavy (non-hydrogen) atoms. The van der Waals surface area contributed by atoms with Gasteiger partial charge in [-0.25, -0.2) is 0 Å². The summed E-state index contributed by atoms with van der Waals surface area (Å²) in [5.41, 5.74) is 8.40. The molecule has 0 spiro atoms. The molecule has 152 valence electrons. The number of alkyl halides is 3. The molecule has 0 fully saturated rings. The van der Waals surface area contributed by atoms with Crippen LogP contribution in [0.3, 0.4) is 0 Å². The number of anilines is 2. The lowest BCUT2D eigenvalue weighted by molar-refractivity contribution is -0.137. The van der Waals surface area contributed by atoms with Gasteiger partial charge in [-0.15, -0.1) is 11.3 Å². The van der Waals surface area contributed by atoms with Crippen LogP contribution in [0, 0.1) is 0 Å². The lowest BCUT2D eigenvalue weighted by atomic mass is 10.2. The highest BCUT2D eigenvalue weighted by Crippen LogP contribution is 2.36. The van der Waals surface area contributed by atoms with Crippen molar-refractivity contribution in [2.45, 2.75) is 6.18 Å². The fourth-order valence-electron chi connectivity index (χ4n) is 2.81. The quantitative estimate of drug-likeness (QED) is 0.255. The number of rotatable bonds is 4. The molecule has 0 saturated heterocycles. The van der Waals surface area contributed by atoms with E-state index in [1.165, 1.54) is 12.1 Å². The van der Waals surface area contributed by atoms with E-state index in [4.69, 9.17) is 12.2 Å². The number of benzene rings is 2. The van der Waals surface area contributed by atoms with Crippen LogP contribution in [-0.2, 0) is 6.18 Å². The summed E-state index contributed by atoms with van der Waals surface area (Å²) in [4.78, 5) is 5.51. The third kappa shape index (κ3) is 4.52. The van der Waals surface area contributed by atoms with Crippen molar-refractivity contribution in [3.63, 3.8) is 0 Å². The average Bonchev–Trinajstić information content (AvgIpc) is 3.18. The lowest BCUT2D eigenvalue weighted by Crippen LogP contribution is -2.33. The Kier molecular flexibility index (Phi) is 5.56. The van der Waals surface area contributed by atoms with Gasteiger partial charge in [0.2, 0.25) is 0 Å². The van der Waals surface area contributed by atoms with Crippen LogP contribution in [0.1, 0.15) is 5.56 Å². The zero-order chi connectivity index (χ0) is 21.1. The third-order valence-electron chi connectivity index (χ3n) is 4.25. The molecule has 2 aromatic heterocycles. The van der Waals surface area contributed by atoms with Crippen LogP contribution in [0.2, 0.25) is 0 Å². The SMILES string of the molecule is FC(F)(F)c1ccc(NC(=S)NNc2ccnc3cc(-c4ccccc4)sc23)cc1. The van der Waals surface area contributed by atoms with Gasteiger partial charge in [0.15, 0.2) is 5.11 Å². The van der Waals surface area contributed by atoms with Crippen molar-refractivity contribution in [3.05, 3.63) is 78.5 Å². The maximum absolute atomic E-state index is 12.7. The summed E-state index contributed by atoms with van der Waals surface area (Å²) >= 11 is 6.83. The molecule has 0 aliphatic heterocycles. The smallest absolute Gasteiger partial charge is 0.331 e. The topological polar surface area (TPSA) is 49.0 Å². The molecule has 4 aromatic rings. The number of thiophene rings is 1. The first-order valence-electron chi connectivity index (χ1n) is 8.84. The maximum atomic E-state index is 12.7. The molecule has 0 aliphatic rings. The van der Waals surface area contributed by atoms with Gasteiger partial charge in [-0.1, -0.05) is 30.3 Å². The summed E-state index contributed by atoms with van der Waals surface area (Å²) in [6.45, 7) is 0. The second kappa shape index (κ2) is 8.29. The lowest BCUT2D eigenvalue weighted by Gasteiger charge is -2.13. The maximum Gasteiger partial charge on any atom is 0.416 e. The Morgan fingerprint density at radius 1 is 0.967 bits per heavy atom. The van der Waals surface area contributed by atoms with Gasteiger partial charge in [0.25, 0.3) is 0 Å². The number of thiocarbonyl (C=S) groups is 1. The first kappa shape index (κ1) is 20.1. The van der Waals surface area contributed by atoms with Crippen LogP contribution in [0.4, 0.5) is 24.5 Å². The molecule has 0 unspecified atom stereocenters. The van der Waals surface area contributed by atoms with E-state index in [0.717, 1.165) is 38.5 Å². The summed E-state index contributed by atoms with van der Waals surface area (Å²) < 4.78 is 38.9. The number of hydrogen-bond acceptors (Lipinski definition) is 4. The van der Waals surface area contributed by atoms with E-state index in [0.29, 0.717) is 5.69 Å². The van der Waals surface area contributed by atoms with Crippen LogP contribution in [-0.4, -0.2) is 10.1 Å². The number of aromatic nitrogens is 1. The van der Waals surface area contributed by atoms with E-state index in [2.05, 4.69) is 21.2 Å². The highest BCUT2D eigenvalue weighted by molar-refractivity contribution is 7.80. The largest absolute Gasteiger partial charge is 0.416 e. The molecule has 4 rings (SSSR count). The van der Waals surface area contributed by atoms with Gasteiger partial charge in [-0.2, -0.15) is 13.2 Å². The van der Waals surface area contributed by atoms with Gasteiger partial charge in [0.05, 0.1) is 21.5 Å². The second-order valence-corrected chi connectivity index (χ2v) is 7.79. The zero-order valence-electron chi connectivity index (χ0n) is 15.3. The first-order chi connectivity index (χ1) is 14.4. The molecular weight excluding hydrogens is 429 g/mol. The van der Waals surface area contributed by atoms with E-state index >= 15 is 0 Å². The second-order valence-electron chi connectivity index (χ2n) is 6.33. The van der Waals surface area contributed by atoms with E-state index < -0.39 is 11.7 Å². The molecule has 4 nitrogen and oxygen atoms in total. The molecule has 0 aliphatic carbocycles. The predicted molar refractivity (Wildman–Crippen MR) is 119 cm³/mol. The monoisotopic (exact) mass is 444 g/mol. The van der Waals surface area contributed by atoms with Crippen molar-refractivity contribution in [1.82, 2.24) is 10.4 Å². The molecule has 3 N–H and O–H groups in total. The average molecular weight is 445 g/mol. The molecule has 0 amide bonds. The molecule has 9 heteroatoms. The van der Waals surface area contributed by atoms with Gasteiger partial charge in [0, 0.05) is 16.8 Å². The van der Waals surface area contributed by atoms with E-state index in [1.807, 2.05) is 42.5 Å². The minimum atomic E-state index is -4.37. The van der Waals surface area contributed by atoms with Crippen molar-refractivity contribution in [3.8, 4) is 10.4 Å². The Hall–Kier alpha value is -3.17. The Balaban J connectivity index is 1.44. The van der Waals surface area contributed by atoms with Crippen LogP contribution < -0.4 is 16.2 Å². The van der Waals surface area contributed by atoms with Gasteiger partial charge < -0.3 is 5.32 Å². The summed E-state index contributed by atoms with van der Waals surface area (Å²) in [6, 6.07) is 18.5. The predicted octanol–water partition coefficient (Wildman–Crippen LogP) is 6.30. The van der Waals surface area contributed by atoms with Gasteiger partial charge in [-0.05, 0) is 54.2 Å². The van der Waals surface area contributed by atoms with Crippen LogP contribution in [0.25, 0.3) is 20.7 Å². The summed E-state index contributed by atoms with van der Waals surface area (Å²) in [7, 11) is 0. The van der Waals surface area contributed by atoms with E-state index in [1.54, 1.807) is 17.5 Å². The minimum Gasteiger partial charge on any atom is -0.331 e. The molecule has 2 aromatic carbocycles. The molecule has 0 atom stereocenters. The zero-order valence-corrected chi connectivity index (χ0v) is 17.0. The van der Waals surface area contributed by atoms with Crippen molar-refractivity contribution in [2.75, 3.05) is 10.7 Å². The normalized spacial score (nSPS) is 11.3. The van der Waals surface area contributed by atoms with Crippen LogP contribution >= 0.6 is 23.6 Å². The fraction of sp³-hybridized carbons (Fsp3) is 0.0476. The van der Waals surface area contributed by atoms with Crippen molar-refractivity contribution < 1.29 is 13.2 Å². The Morgan fingerprint density at radius 2 is 1.70 bits per heavy atom. The number of nitrogens with zero attached hydrogens (tertiary/aromatic N) is 1. The molecule has 0 radical (unpaired) electrons. The van der Waals surface area contributed by atoms with E-state index in [-0.39, 0.29) is 5.11 Å². The summed E-state index contributed by atoms with van der Waals surface area (Å²) in [6.07, 6.45) is -2.68. The Morgan fingerprint density at radius 3 is 2.40 bits per heavy atom. The van der Waals surface area contributed by atoms with Crippen LogP contribution in [0.15, 0.2) is 72.9 Å². The van der Waals surface area contributed by atoms with Crippen LogP contribution in [0.5, 0.6) is 0 Å². The summed E-state index contributed by atoms with van der Waals surface area (Å²) in [5.74, 6) is 0. The highest BCUT2D eigenvalue weighted by Gasteiger charge is 2.29. The minimum absolute atomic E-state index is 0.222. The molecule has 0 saturated carbocycles. The number of hydrazine groups is 1. The number of fused-ring (bicyclic) bond motifs is 1. The number of nitrogens with one attached hydrogen (secondary N) is 3. The van der Waals surface area contributed by atoms with Gasteiger partial charge >= 0.3 is 6.18 Å². The Bertz CT molecular complexity index is 1170. The first-order valence-corrected chi connectivity index (χ1v) is 10.1. The fourth-order valence-corrected chi connectivity index (χ4v) is 4.07. The van der Waals surface area contributed by atoms with Crippen molar-refractivity contribution >= 4 is 50.3 Å².